The van der Waals surface area contributed by atoms with E-state index in [1.54, 1.807) is 0 Å². The van der Waals surface area contributed by atoms with E-state index in [0.29, 0.717) is 6.42 Å². The fraction of sp³-hybridized carbons (Fsp3) is 0.308. The van der Waals surface area contributed by atoms with Crippen molar-refractivity contribution >= 4 is 23.5 Å². The summed E-state index contributed by atoms with van der Waals surface area (Å²) in [5, 5.41) is 13.2. The highest BCUT2D eigenvalue weighted by Crippen LogP contribution is 2.16. The van der Waals surface area contributed by atoms with E-state index >= 15 is 0 Å². The highest BCUT2D eigenvalue weighted by atomic mass is 19.1. The molecule has 0 saturated heterocycles. The van der Waals surface area contributed by atoms with Gasteiger partial charge in [-0.15, -0.1) is 0 Å². The van der Waals surface area contributed by atoms with Gasteiger partial charge in [0.25, 0.3) is 5.91 Å². The van der Waals surface area contributed by atoms with E-state index in [9.17, 15) is 18.8 Å². The quantitative estimate of drug-likeness (QED) is 0.687. The average molecular weight is 282 g/mol. The lowest BCUT2D eigenvalue weighted by molar-refractivity contribution is -0.137. The van der Waals surface area contributed by atoms with Crippen molar-refractivity contribution in [3.05, 3.63) is 29.6 Å². The predicted molar refractivity (Wildman–Crippen MR) is 69.9 cm³/mol. The first-order valence-electron chi connectivity index (χ1n) is 5.97. The number of carboxylic acid groups (broad SMARTS) is 1. The van der Waals surface area contributed by atoms with Crippen molar-refractivity contribution < 1.29 is 23.9 Å². The lowest BCUT2D eigenvalue weighted by Crippen LogP contribution is -2.25. The number of benzene rings is 1. The van der Waals surface area contributed by atoms with Crippen molar-refractivity contribution in [1.29, 1.82) is 0 Å². The Kier molecular flexibility index (Phi) is 5.64. The summed E-state index contributed by atoms with van der Waals surface area (Å²) in [5.74, 6) is -2.47. The van der Waals surface area contributed by atoms with Gasteiger partial charge in [-0.3, -0.25) is 14.4 Å². The van der Waals surface area contributed by atoms with Gasteiger partial charge in [0.15, 0.2) is 0 Å². The topological polar surface area (TPSA) is 95.5 Å². The van der Waals surface area contributed by atoms with Crippen LogP contribution < -0.4 is 10.6 Å². The molecule has 0 aliphatic rings. The molecule has 20 heavy (non-hydrogen) atoms. The normalized spacial score (nSPS) is 9.90. The van der Waals surface area contributed by atoms with E-state index in [-0.39, 0.29) is 24.2 Å². The zero-order valence-electron chi connectivity index (χ0n) is 10.9. The number of carbonyl (C=O) groups excluding carboxylic acids is 2. The first kappa shape index (κ1) is 15.6. The van der Waals surface area contributed by atoms with E-state index in [0.717, 1.165) is 6.07 Å². The molecule has 3 N–H and O–H groups in total. The van der Waals surface area contributed by atoms with Crippen molar-refractivity contribution in [2.45, 2.75) is 19.8 Å². The first-order chi connectivity index (χ1) is 9.40. The highest BCUT2D eigenvalue weighted by molar-refractivity contribution is 5.96. The van der Waals surface area contributed by atoms with E-state index in [2.05, 4.69) is 10.6 Å². The summed E-state index contributed by atoms with van der Waals surface area (Å²) in [6, 6.07) is 3.59. The largest absolute Gasteiger partial charge is 0.481 e. The van der Waals surface area contributed by atoms with Crippen LogP contribution in [0.1, 0.15) is 30.1 Å². The zero-order valence-corrected chi connectivity index (χ0v) is 10.9. The minimum absolute atomic E-state index is 0.0408. The second-order valence-corrected chi connectivity index (χ2v) is 4.13. The SMILES string of the molecule is CC(=O)Nc1cc(C(=O)NCCCC(=O)O)ccc1F. The van der Waals surface area contributed by atoms with Gasteiger partial charge in [0.05, 0.1) is 5.69 Å². The van der Waals surface area contributed by atoms with E-state index < -0.39 is 23.6 Å². The molecule has 1 aromatic carbocycles. The summed E-state index contributed by atoms with van der Waals surface area (Å²) in [6.07, 6.45) is 0.266. The molecule has 6 nitrogen and oxygen atoms in total. The molecule has 2 amide bonds. The van der Waals surface area contributed by atoms with Gasteiger partial charge >= 0.3 is 5.97 Å². The summed E-state index contributed by atoms with van der Waals surface area (Å²) in [6.45, 7) is 1.44. The lowest BCUT2D eigenvalue weighted by Gasteiger charge is -2.08. The van der Waals surface area contributed by atoms with Gasteiger partial charge in [-0.25, -0.2) is 4.39 Å². The third kappa shape index (κ3) is 5.05. The van der Waals surface area contributed by atoms with Crippen LogP contribution in [-0.2, 0) is 9.59 Å². The average Bonchev–Trinajstić information content (AvgIpc) is 2.36. The van der Waals surface area contributed by atoms with Gasteiger partial charge in [0, 0.05) is 25.5 Å². The number of hydrogen-bond donors (Lipinski definition) is 3. The minimum atomic E-state index is -0.936. The Balaban J connectivity index is 2.64. The van der Waals surface area contributed by atoms with Crippen molar-refractivity contribution in [3.63, 3.8) is 0 Å². The number of halogens is 1. The number of rotatable bonds is 6. The summed E-state index contributed by atoms with van der Waals surface area (Å²) in [5.41, 5.74) is 0.112. The van der Waals surface area contributed by atoms with E-state index in [1.165, 1.54) is 19.1 Å². The van der Waals surface area contributed by atoms with Crippen LogP contribution in [-0.4, -0.2) is 29.4 Å². The highest BCUT2D eigenvalue weighted by Gasteiger charge is 2.10. The minimum Gasteiger partial charge on any atom is -0.481 e. The number of aliphatic carboxylic acids is 1. The Bertz CT molecular complexity index is 531. The lowest BCUT2D eigenvalue weighted by atomic mass is 10.1. The smallest absolute Gasteiger partial charge is 0.303 e. The Labute approximate surface area is 115 Å². The maximum absolute atomic E-state index is 13.4. The van der Waals surface area contributed by atoms with Crippen LogP contribution in [0.3, 0.4) is 0 Å². The molecule has 0 bridgehead atoms. The fourth-order valence-electron chi connectivity index (χ4n) is 1.50. The number of carbonyl (C=O) groups is 3. The molecule has 0 aromatic heterocycles. The van der Waals surface area contributed by atoms with Crippen molar-refractivity contribution in [2.75, 3.05) is 11.9 Å². The number of nitrogens with one attached hydrogen (secondary N) is 2. The van der Waals surface area contributed by atoms with Gasteiger partial charge in [0.1, 0.15) is 5.82 Å². The van der Waals surface area contributed by atoms with Crippen LogP contribution in [0.15, 0.2) is 18.2 Å². The molecule has 0 atom stereocenters. The van der Waals surface area contributed by atoms with Gasteiger partial charge in [-0.1, -0.05) is 0 Å². The van der Waals surface area contributed by atoms with Gasteiger partial charge in [-0.2, -0.15) is 0 Å². The molecule has 0 radical (unpaired) electrons. The van der Waals surface area contributed by atoms with Crippen LogP contribution in [0, 0.1) is 5.82 Å². The fourth-order valence-corrected chi connectivity index (χ4v) is 1.50. The Morgan fingerprint density at radius 3 is 2.60 bits per heavy atom. The van der Waals surface area contributed by atoms with Crippen LogP contribution >= 0.6 is 0 Å². The van der Waals surface area contributed by atoms with Crippen LogP contribution in [0.25, 0.3) is 0 Å². The molecule has 1 aromatic rings. The monoisotopic (exact) mass is 282 g/mol. The Morgan fingerprint density at radius 1 is 1.30 bits per heavy atom. The summed E-state index contributed by atoms with van der Waals surface area (Å²) < 4.78 is 13.4. The molecule has 0 aliphatic carbocycles. The molecule has 0 saturated carbocycles. The number of hydrogen-bond acceptors (Lipinski definition) is 3. The Hall–Kier alpha value is -2.44. The van der Waals surface area contributed by atoms with Crippen LogP contribution in [0.2, 0.25) is 0 Å². The first-order valence-corrected chi connectivity index (χ1v) is 5.97. The molecule has 0 unspecified atom stereocenters. The molecular formula is C13H15FN2O4. The number of anilines is 1. The number of amides is 2. The molecule has 0 spiro atoms. The van der Waals surface area contributed by atoms with Crippen LogP contribution in [0.4, 0.5) is 10.1 Å². The van der Waals surface area contributed by atoms with Gasteiger partial charge in [0.2, 0.25) is 5.91 Å². The van der Waals surface area contributed by atoms with E-state index in [1.807, 2.05) is 0 Å². The standard InChI is InChI=1S/C13H15FN2O4/c1-8(17)16-11-7-9(4-5-10(11)14)13(20)15-6-2-3-12(18)19/h4-5,7H,2-3,6H2,1H3,(H,15,20)(H,16,17)(H,18,19). The molecule has 0 aliphatic heterocycles. The maximum atomic E-state index is 13.4. The second kappa shape index (κ2) is 7.22. The molecule has 0 heterocycles. The molecule has 108 valence electrons. The summed E-state index contributed by atoms with van der Waals surface area (Å²) in [7, 11) is 0. The third-order valence-electron chi connectivity index (χ3n) is 2.39. The molecule has 0 fully saturated rings. The zero-order chi connectivity index (χ0) is 15.1. The Morgan fingerprint density at radius 2 is 2.00 bits per heavy atom. The molecule has 7 heteroatoms. The summed E-state index contributed by atoms with van der Waals surface area (Å²) >= 11 is 0. The van der Waals surface area contributed by atoms with Crippen molar-refractivity contribution in [2.24, 2.45) is 0 Å². The molecular weight excluding hydrogens is 267 g/mol. The summed E-state index contributed by atoms with van der Waals surface area (Å²) in [4.78, 5) is 32.9. The van der Waals surface area contributed by atoms with Crippen LogP contribution in [0.5, 0.6) is 0 Å². The number of carboxylic acids is 1. The molecule has 1 rings (SSSR count). The predicted octanol–water partition coefficient (Wildman–Crippen LogP) is 1.38. The maximum Gasteiger partial charge on any atom is 0.303 e. The van der Waals surface area contributed by atoms with Crippen molar-refractivity contribution in [1.82, 2.24) is 5.32 Å². The van der Waals surface area contributed by atoms with Gasteiger partial charge < -0.3 is 15.7 Å². The third-order valence-corrected chi connectivity index (χ3v) is 2.39. The van der Waals surface area contributed by atoms with Crippen molar-refractivity contribution in [3.8, 4) is 0 Å². The van der Waals surface area contributed by atoms with E-state index in [4.69, 9.17) is 5.11 Å². The second-order valence-electron chi connectivity index (χ2n) is 4.13. The van der Waals surface area contributed by atoms with Gasteiger partial charge in [-0.05, 0) is 24.6 Å².